The summed E-state index contributed by atoms with van der Waals surface area (Å²) in [5, 5.41) is 7.33. The van der Waals surface area contributed by atoms with Crippen LogP contribution in [0.4, 0.5) is 68.2 Å². The van der Waals surface area contributed by atoms with Crippen LogP contribution in [0.15, 0.2) is 394 Å². The van der Waals surface area contributed by atoms with Crippen LogP contribution in [0.25, 0.3) is 82.5 Å². The predicted molar refractivity (Wildman–Crippen MR) is 480 cm³/mol. The SMILES string of the molecule is c1ccc(N(c2ccccc2)c2cc3c4c(c2)N(c2ccccc2)c2ccccc2B4c2cc4c(c(-n5c6ccccc6c6c7c(c8ccccc8n7-c7ccccc7)c7c(c8ccccc8n7-c7ccccc7)c65)c2[Se]3)[Se]c2cc(N(c3ccccc3)c3ccccc3)cc3c2B4c2ccccc2N3c2ccccc2)cc1. The Labute approximate surface area is 667 Å². The molecule has 0 unspecified atom stereocenters. The molecule has 11 heteroatoms. The summed E-state index contributed by atoms with van der Waals surface area (Å²) < 4.78 is 13.6. The Balaban J connectivity index is 0.904. The van der Waals surface area contributed by atoms with Crippen molar-refractivity contribution in [2.75, 3.05) is 19.6 Å². The third kappa shape index (κ3) is 9.58. The van der Waals surface area contributed by atoms with E-state index in [1.54, 1.807) is 0 Å². The first-order valence-corrected chi connectivity index (χ1v) is 42.2. The fraction of sp³-hybridized carbons (Fsp3) is 0. The summed E-state index contributed by atoms with van der Waals surface area (Å²) in [4.78, 5) is 10.1. The number of anilines is 12. The van der Waals surface area contributed by atoms with Crippen molar-refractivity contribution >= 4 is 228 Å². The van der Waals surface area contributed by atoms with Gasteiger partial charge in [-0.1, -0.05) is 0 Å². The van der Waals surface area contributed by atoms with Crippen molar-refractivity contribution in [2.45, 2.75) is 0 Å². The summed E-state index contributed by atoms with van der Waals surface area (Å²) in [5.41, 5.74) is 32.4. The van der Waals surface area contributed by atoms with Crippen molar-refractivity contribution in [2.24, 2.45) is 0 Å². The van der Waals surface area contributed by atoms with Crippen LogP contribution in [-0.4, -0.2) is 57.0 Å². The average molecular weight is 1570 g/mol. The Morgan fingerprint density at radius 1 is 0.230 bits per heavy atom. The summed E-state index contributed by atoms with van der Waals surface area (Å²) in [6.07, 6.45) is 0. The van der Waals surface area contributed by atoms with Crippen LogP contribution < -0.4 is 70.2 Å². The number of nitrogens with zero attached hydrogens (tertiary/aromatic N) is 7. The van der Waals surface area contributed by atoms with Crippen LogP contribution in [0, 0.1) is 0 Å². The van der Waals surface area contributed by atoms with Crippen LogP contribution >= 0.6 is 0 Å². The Kier molecular flexibility index (Phi) is 14.5. The number of para-hydroxylation sites is 13. The van der Waals surface area contributed by atoms with E-state index in [2.05, 4.69) is 428 Å². The zero-order valence-corrected chi connectivity index (χ0v) is 64.6. The van der Waals surface area contributed by atoms with Crippen molar-refractivity contribution in [1.82, 2.24) is 13.7 Å². The second-order valence-electron chi connectivity index (χ2n) is 29.8. The molecule has 4 aliphatic heterocycles. The van der Waals surface area contributed by atoms with Gasteiger partial charge in [0.2, 0.25) is 0 Å². The number of hydrogen-bond acceptors (Lipinski definition) is 4. The van der Waals surface area contributed by atoms with E-state index in [1.807, 2.05) is 0 Å². The van der Waals surface area contributed by atoms with Crippen LogP contribution in [0.5, 0.6) is 0 Å². The number of rotatable bonds is 11. The molecule has 7 nitrogen and oxygen atoms in total. The molecule has 0 amide bonds. The zero-order valence-electron chi connectivity index (χ0n) is 61.1. The van der Waals surface area contributed by atoms with Gasteiger partial charge in [0.25, 0.3) is 0 Å². The first-order chi connectivity index (χ1) is 56.2. The van der Waals surface area contributed by atoms with Crippen LogP contribution in [0.2, 0.25) is 0 Å². The van der Waals surface area contributed by atoms with E-state index in [9.17, 15) is 0 Å². The monoisotopic (exact) mass is 1570 g/mol. The summed E-state index contributed by atoms with van der Waals surface area (Å²) >= 11 is -0.700. The van der Waals surface area contributed by atoms with E-state index < -0.39 is 0 Å². The third-order valence-corrected chi connectivity index (χ3v) is 28.7. The Hall–Kier alpha value is -13.5. The van der Waals surface area contributed by atoms with Crippen LogP contribution in [0.1, 0.15) is 0 Å². The minimum atomic E-state index is -0.350. The van der Waals surface area contributed by atoms with E-state index >= 15 is 0 Å². The number of benzene rings is 17. The van der Waals surface area contributed by atoms with Gasteiger partial charge in [-0.15, -0.1) is 0 Å². The molecular weight excluding hydrogens is 1500 g/mol. The molecule has 0 bridgehead atoms. The maximum absolute atomic E-state index is 2.88. The van der Waals surface area contributed by atoms with Gasteiger partial charge in [0, 0.05) is 0 Å². The van der Waals surface area contributed by atoms with Crippen molar-refractivity contribution in [1.29, 1.82) is 0 Å². The normalized spacial score (nSPS) is 13.0. The predicted octanol–water partition coefficient (Wildman–Crippen LogP) is 18.5. The molecule has 0 spiro atoms. The topological polar surface area (TPSA) is 27.8 Å². The van der Waals surface area contributed by atoms with Gasteiger partial charge < -0.3 is 0 Å². The molecule has 3 aromatic heterocycles. The molecule has 4 aliphatic rings. The molecule has 7 heterocycles. The Morgan fingerprint density at radius 2 is 0.522 bits per heavy atom. The first kappa shape index (κ1) is 64.3. The molecule has 17 aromatic carbocycles. The van der Waals surface area contributed by atoms with Crippen molar-refractivity contribution in [3.8, 4) is 17.1 Å². The molecule has 0 saturated heterocycles. The quantitative estimate of drug-likeness (QED) is 0.121. The van der Waals surface area contributed by atoms with Gasteiger partial charge >= 0.3 is 672 Å². The van der Waals surface area contributed by atoms with Gasteiger partial charge in [0.15, 0.2) is 0 Å². The molecule has 24 rings (SSSR count). The number of fused-ring (bicyclic) bond motifs is 20. The van der Waals surface area contributed by atoms with E-state index in [0.29, 0.717) is 0 Å². The Bertz CT molecular complexity index is 6860. The summed E-state index contributed by atoms with van der Waals surface area (Å²) in [5.74, 6) is 0. The second kappa shape index (κ2) is 25.5. The molecule has 0 aliphatic carbocycles. The van der Waals surface area contributed by atoms with Gasteiger partial charge in [-0.05, 0) is 0 Å². The molecular formula is C102H65B2N7Se2. The van der Waals surface area contributed by atoms with Gasteiger partial charge in [0.1, 0.15) is 0 Å². The maximum atomic E-state index is 2.88. The van der Waals surface area contributed by atoms with E-state index in [-0.39, 0.29) is 43.3 Å². The first-order valence-electron chi connectivity index (χ1n) is 38.8. The van der Waals surface area contributed by atoms with E-state index in [4.69, 9.17) is 0 Å². The van der Waals surface area contributed by atoms with Gasteiger partial charge in [0.05, 0.1) is 0 Å². The van der Waals surface area contributed by atoms with Crippen LogP contribution in [-0.2, 0) is 0 Å². The van der Waals surface area contributed by atoms with Gasteiger partial charge in [-0.3, -0.25) is 0 Å². The third-order valence-electron chi connectivity index (χ3n) is 23.7. The molecule has 20 aromatic rings. The number of hydrogen-bond donors (Lipinski definition) is 0. The fourth-order valence-electron chi connectivity index (χ4n) is 19.4. The molecule has 113 heavy (non-hydrogen) atoms. The minimum absolute atomic E-state index is 0.178. The summed E-state index contributed by atoms with van der Waals surface area (Å²) in [6, 6.07) is 148. The molecule has 0 N–H and O–H groups in total. The van der Waals surface area contributed by atoms with Gasteiger partial charge in [-0.2, -0.15) is 0 Å². The Morgan fingerprint density at radius 3 is 0.885 bits per heavy atom. The zero-order chi connectivity index (χ0) is 73.9. The van der Waals surface area contributed by atoms with E-state index in [1.165, 1.54) is 133 Å². The summed E-state index contributed by atoms with van der Waals surface area (Å²) in [6.45, 7) is -0.356. The average Bonchev–Trinajstić information content (AvgIpc) is 1.53. The molecule has 0 radical (unpaired) electrons. The number of aromatic nitrogens is 3. The summed E-state index contributed by atoms with van der Waals surface area (Å²) in [7, 11) is 0. The van der Waals surface area contributed by atoms with Crippen molar-refractivity contribution in [3.05, 3.63) is 394 Å². The van der Waals surface area contributed by atoms with Crippen molar-refractivity contribution < 1.29 is 0 Å². The molecule has 0 atom stereocenters. The van der Waals surface area contributed by atoms with Crippen molar-refractivity contribution in [3.63, 3.8) is 0 Å². The van der Waals surface area contributed by atoms with Gasteiger partial charge in [-0.25, -0.2) is 0 Å². The second-order valence-corrected chi connectivity index (χ2v) is 34.2. The molecule has 0 saturated carbocycles. The molecule has 526 valence electrons. The van der Waals surface area contributed by atoms with Crippen LogP contribution in [0.3, 0.4) is 0 Å². The van der Waals surface area contributed by atoms with E-state index in [0.717, 1.165) is 67.9 Å². The molecule has 0 fully saturated rings. The fourth-order valence-corrected chi connectivity index (χ4v) is 25.2. The standard InChI is InChI=1S/C102H65B2N7Se2/c1-9-35-66(36-10-1)105(67-37-11-2-12-38-67)74-61-88-95-90(63-74)112-101-81(103(95)79-54-28-33-59-86(79)107(88)70-43-17-5-18-44-70)65-82-102(113-91-64-75(106(68-39-13-3-14-40-68)69-41-15-4-16-42-69)62-89-96(91)104(82)80-55-29-34-60-87(80)108(89)71-45-19-6-20-46-71)100(101)111-85-58-32-27-53-78(85)94-98-92(76-51-25-30-56-83(76)109(98)72-47-21-7-22-48-72)97-93(99(94)111)77-52-26-31-57-84(77)110(97)73-49-23-8-24-50-73/h1-65H.